The van der Waals surface area contributed by atoms with Crippen molar-refractivity contribution in [2.45, 2.75) is 0 Å². The Labute approximate surface area is 124 Å². The normalized spacial score (nSPS) is 9.05. The molecule has 4 heteroatoms. The zero-order valence-electron chi connectivity index (χ0n) is 10.1. The standard InChI is InChI=1S/C12H8N2.C3H3O.Ru/c1-3-9-5-6-10-4-2-8-14-12(10)11(9)13-7-1;1-2-3-4;/h1-8H;2H,1H2;/q;-1;+1. The molecular formula is C15H11N2ORu. The van der Waals surface area contributed by atoms with Crippen molar-refractivity contribution in [3.63, 3.8) is 0 Å². The summed E-state index contributed by atoms with van der Waals surface area (Å²) in [5, 5.41) is 2.28. The Morgan fingerprint density at radius 2 is 1.37 bits per heavy atom. The molecule has 3 nitrogen and oxygen atoms in total. The summed E-state index contributed by atoms with van der Waals surface area (Å²) < 4.78 is 0. The summed E-state index contributed by atoms with van der Waals surface area (Å²) in [6.07, 6.45) is 6.12. The third kappa shape index (κ3) is 3.52. The predicted molar refractivity (Wildman–Crippen MR) is 72.9 cm³/mol. The van der Waals surface area contributed by atoms with Crippen LogP contribution in [0.3, 0.4) is 0 Å². The number of aromatic nitrogens is 2. The molecule has 3 rings (SSSR count). The van der Waals surface area contributed by atoms with Gasteiger partial charge < -0.3 is 4.79 Å². The summed E-state index contributed by atoms with van der Waals surface area (Å²) in [5.74, 6) is 0. The Bertz CT molecular complexity index is 637. The van der Waals surface area contributed by atoms with Crippen molar-refractivity contribution in [3.8, 4) is 0 Å². The van der Waals surface area contributed by atoms with E-state index in [1.54, 1.807) is 12.4 Å². The first-order chi connectivity index (χ1) is 8.86. The number of hydrogen-bond acceptors (Lipinski definition) is 3. The summed E-state index contributed by atoms with van der Waals surface area (Å²) >= 11 is 0. The average Bonchev–Trinajstić information content (AvgIpc) is 2.47. The zero-order valence-corrected chi connectivity index (χ0v) is 11.8. The maximum atomic E-state index is 8.93. The molecule has 95 valence electrons. The second-order valence-corrected chi connectivity index (χ2v) is 3.54. The van der Waals surface area contributed by atoms with Gasteiger partial charge in [0.15, 0.2) is 0 Å². The minimum absolute atomic E-state index is 0. The van der Waals surface area contributed by atoms with E-state index in [0.717, 1.165) is 27.9 Å². The molecule has 3 aromatic rings. The molecule has 0 atom stereocenters. The van der Waals surface area contributed by atoms with Gasteiger partial charge in [0.25, 0.3) is 0 Å². The summed E-state index contributed by atoms with van der Waals surface area (Å²) in [7, 11) is 0. The molecule has 2 heterocycles. The number of rotatable bonds is 1. The molecule has 1 radical (unpaired) electrons. The Morgan fingerprint density at radius 3 is 1.74 bits per heavy atom. The Kier molecular flexibility index (Phi) is 5.97. The van der Waals surface area contributed by atoms with E-state index < -0.39 is 0 Å². The summed E-state index contributed by atoms with van der Waals surface area (Å²) in [6, 6.07) is 12.1. The van der Waals surface area contributed by atoms with Crippen LogP contribution in [-0.2, 0) is 24.3 Å². The van der Waals surface area contributed by atoms with Crippen LogP contribution in [0.5, 0.6) is 0 Å². The molecule has 0 fully saturated rings. The molecular weight excluding hydrogens is 325 g/mol. The molecule has 1 aromatic carbocycles. The van der Waals surface area contributed by atoms with E-state index in [0.29, 0.717) is 0 Å². The number of hydrogen-bond donors (Lipinski definition) is 0. The van der Waals surface area contributed by atoms with E-state index in [1.807, 2.05) is 12.1 Å². The van der Waals surface area contributed by atoms with Crippen LogP contribution < -0.4 is 0 Å². The first kappa shape index (κ1) is 15.1. The SMILES string of the molecule is C=C[C-]=O.[Ru+].c1cnc2c(c1)ccc1cccnc12. The zero-order chi connectivity index (χ0) is 12.8. The average molecular weight is 336 g/mol. The van der Waals surface area contributed by atoms with E-state index in [-0.39, 0.29) is 19.5 Å². The van der Waals surface area contributed by atoms with Crippen molar-refractivity contribution < 1.29 is 24.3 Å². The van der Waals surface area contributed by atoms with Gasteiger partial charge in [-0.1, -0.05) is 24.3 Å². The van der Waals surface area contributed by atoms with Crippen LogP contribution >= 0.6 is 0 Å². The van der Waals surface area contributed by atoms with Gasteiger partial charge in [-0.15, -0.1) is 0 Å². The van der Waals surface area contributed by atoms with Crippen LogP contribution in [0, 0.1) is 0 Å². The largest absolute Gasteiger partial charge is 1.00 e. The Morgan fingerprint density at radius 1 is 0.947 bits per heavy atom. The molecule has 2 aromatic heterocycles. The number of carbonyl (C=O) groups excluding carboxylic acids is 1. The molecule has 0 bridgehead atoms. The van der Waals surface area contributed by atoms with Crippen LogP contribution in [0.2, 0.25) is 0 Å². The number of benzene rings is 1. The first-order valence-corrected chi connectivity index (χ1v) is 5.44. The van der Waals surface area contributed by atoms with E-state index >= 15 is 0 Å². The van der Waals surface area contributed by atoms with E-state index in [9.17, 15) is 0 Å². The van der Waals surface area contributed by atoms with Crippen molar-refractivity contribution in [1.82, 2.24) is 9.97 Å². The summed E-state index contributed by atoms with van der Waals surface area (Å²) in [6.45, 7) is 3.06. The number of pyridine rings is 2. The van der Waals surface area contributed by atoms with Gasteiger partial charge >= 0.3 is 19.5 Å². The molecule has 0 N–H and O–H groups in total. The van der Waals surface area contributed by atoms with Gasteiger partial charge in [0, 0.05) is 23.2 Å². The van der Waals surface area contributed by atoms with Gasteiger partial charge in [-0.05, 0) is 18.4 Å². The van der Waals surface area contributed by atoms with Crippen LogP contribution in [0.1, 0.15) is 0 Å². The molecule has 0 amide bonds. The van der Waals surface area contributed by atoms with E-state index in [4.69, 9.17) is 4.79 Å². The number of fused-ring (bicyclic) bond motifs is 3. The van der Waals surface area contributed by atoms with Gasteiger partial charge in [-0.2, -0.15) is 0 Å². The maximum Gasteiger partial charge on any atom is 1.00 e. The van der Waals surface area contributed by atoms with Gasteiger partial charge in [0.2, 0.25) is 0 Å². The fraction of sp³-hybridized carbons (Fsp3) is 0. The second-order valence-electron chi connectivity index (χ2n) is 3.54. The van der Waals surface area contributed by atoms with Gasteiger partial charge in [-0.3, -0.25) is 9.97 Å². The predicted octanol–water partition coefficient (Wildman–Crippen LogP) is 3.06. The van der Waals surface area contributed by atoms with Crippen LogP contribution in [-0.4, -0.2) is 16.3 Å². The van der Waals surface area contributed by atoms with E-state index in [2.05, 4.69) is 40.8 Å². The molecule has 0 saturated carbocycles. The fourth-order valence-corrected chi connectivity index (χ4v) is 1.68. The molecule has 0 saturated heterocycles. The quantitative estimate of drug-likeness (QED) is 0.297. The molecule has 0 unspecified atom stereocenters. The summed E-state index contributed by atoms with van der Waals surface area (Å²) in [4.78, 5) is 17.6. The molecule has 0 spiro atoms. The molecule has 19 heavy (non-hydrogen) atoms. The number of nitrogens with zero attached hydrogens (tertiary/aromatic N) is 2. The van der Waals surface area contributed by atoms with Gasteiger partial charge in [0.1, 0.15) is 0 Å². The fourth-order valence-electron chi connectivity index (χ4n) is 1.68. The Balaban J connectivity index is 0.000000323. The minimum atomic E-state index is 0. The minimum Gasteiger partial charge on any atom is -0.419 e. The molecule has 0 aliphatic heterocycles. The van der Waals surface area contributed by atoms with Gasteiger partial charge in [-0.25, -0.2) is 12.7 Å². The van der Waals surface area contributed by atoms with Crippen molar-refractivity contribution in [2.75, 3.05) is 0 Å². The first-order valence-electron chi connectivity index (χ1n) is 5.44. The van der Waals surface area contributed by atoms with Crippen LogP contribution in [0.15, 0.2) is 61.4 Å². The molecule has 0 aliphatic carbocycles. The molecule has 0 aliphatic rings. The third-order valence-electron chi connectivity index (χ3n) is 2.43. The summed E-state index contributed by atoms with van der Waals surface area (Å²) in [5.41, 5.74) is 1.95. The van der Waals surface area contributed by atoms with Crippen LogP contribution in [0.25, 0.3) is 21.8 Å². The van der Waals surface area contributed by atoms with Gasteiger partial charge in [0.05, 0.1) is 11.0 Å². The topological polar surface area (TPSA) is 42.9 Å². The number of allylic oxidation sites excluding steroid dienone is 1. The van der Waals surface area contributed by atoms with Crippen LogP contribution in [0.4, 0.5) is 0 Å². The van der Waals surface area contributed by atoms with Crippen molar-refractivity contribution in [1.29, 1.82) is 0 Å². The van der Waals surface area contributed by atoms with Crippen molar-refractivity contribution in [2.24, 2.45) is 0 Å². The van der Waals surface area contributed by atoms with Crippen molar-refractivity contribution >= 4 is 28.1 Å². The van der Waals surface area contributed by atoms with E-state index in [1.165, 1.54) is 6.29 Å². The monoisotopic (exact) mass is 337 g/mol. The third-order valence-corrected chi connectivity index (χ3v) is 2.43. The second kappa shape index (κ2) is 7.50. The maximum absolute atomic E-state index is 8.93. The smallest absolute Gasteiger partial charge is 0.419 e. The Hall–Kier alpha value is -1.93. The van der Waals surface area contributed by atoms with Crippen molar-refractivity contribution in [3.05, 3.63) is 61.4 Å².